The van der Waals surface area contributed by atoms with Gasteiger partial charge in [0.15, 0.2) is 0 Å². The van der Waals surface area contributed by atoms with Gasteiger partial charge in [-0.15, -0.1) is 0 Å². The third kappa shape index (κ3) is 2.15. The molecular formula is C11H15N3O. The van der Waals surface area contributed by atoms with Crippen LogP contribution < -0.4 is 4.90 Å². The monoisotopic (exact) mass is 205 g/mol. The fraction of sp³-hybridized carbons (Fsp3) is 0.455. The molecular weight excluding hydrogens is 190 g/mol. The molecule has 0 spiro atoms. The van der Waals surface area contributed by atoms with E-state index in [4.69, 9.17) is 0 Å². The highest BCUT2D eigenvalue weighted by Gasteiger charge is 2.23. The maximum absolute atomic E-state index is 11.7. The Morgan fingerprint density at radius 1 is 1.33 bits per heavy atom. The molecule has 0 aromatic carbocycles. The van der Waals surface area contributed by atoms with Crippen molar-refractivity contribution in [2.24, 2.45) is 0 Å². The van der Waals surface area contributed by atoms with E-state index in [-0.39, 0.29) is 5.91 Å². The molecule has 4 nitrogen and oxygen atoms in total. The summed E-state index contributed by atoms with van der Waals surface area (Å²) in [4.78, 5) is 19.8. The molecule has 1 aromatic rings. The first-order valence-corrected chi connectivity index (χ1v) is 5.08. The average Bonchev–Trinajstić information content (AvgIpc) is 2.20. The first-order valence-electron chi connectivity index (χ1n) is 5.08. The molecule has 0 unspecified atom stereocenters. The van der Waals surface area contributed by atoms with Gasteiger partial charge >= 0.3 is 0 Å². The van der Waals surface area contributed by atoms with Crippen LogP contribution in [0.3, 0.4) is 0 Å². The van der Waals surface area contributed by atoms with Crippen LogP contribution in [-0.2, 0) is 4.79 Å². The molecule has 2 heterocycles. The van der Waals surface area contributed by atoms with Gasteiger partial charge in [-0.2, -0.15) is 0 Å². The second-order valence-corrected chi connectivity index (χ2v) is 3.98. The van der Waals surface area contributed by atoms with Gasteiger partial charge in [0.1, 0.15) is 5.82 Å². The normalized spacial score (nSPS) is 18.3. The van der Waals surface area contributed by atoms with Crippen molar-refractivity contribution in [3.05, 3.63) is 23.9 Å². The number of likely N-dealkylation sites (N-methyl/N-ethyl adjacent to an activating group) is 1. The average molecular weight is 205 g/mol. The molecule has 1 aliphatic heterocycles. The molecule has 4 heteroatoms. The smallest absolute Gasteiger partial charge is 0.242 e. The largest absolute Gasteiger partial charge is 0.296 e. The number of aryl methyl sites for hydroxylation is 1. The van der Waals surface area contributed by atoms with E-state index >= 15 is 0 Å². The Bertz CT molecular complexity index is 361. The summed E-state index contributed by atoms with van der Waals surface area (Å²) in [7, 11) is 1.96. The van der Waals surface area contributed by atoms with Crippen LogP contribution in [0.4, 0.5) is 5.82 Å². The number of rotatable bonds is 1. The van der Waals surface area contributed by atoms with Crippen molar-refractivity contribution in [2.75, 3.05) is 31.6 Å². The van der Waals surface area contributed by atoms with Crippen LogP contribution in [0.25, 0.3) is 0 Å². The van der Waals surface area contributed by atoms with E-state index in [9.17, 15) is 4.79 Å². The summed E-state index contributed by atoms with van der Waals surface area (Å²) in [6.45, 7) is 4.10. The Morgan fingerprint density at radius 2 is 2.13 bits per heavy atom. The SMILES string of the molecule is Cc1ccc(N2CCN(C)CC2=O)nc1. The number of aromatic nitrogens is 1. The summed E-state index contributed by atoms with van der Waals surface area (Å²) in [5.41, 5.74) is 1.11. The van der Waals surface area contributed by atoms with Crippen molar-refractivity contribution in [3.8, 4) is 0 Å². The zero-order valence-corrected chi connectivity index (χ0v) is 9.10. The summed E-state index contributed by atoms with van der Waals surface area (Å²) < 4.78 is 0. The third-order valence-corrected chi connectivity index (χ3v) is 2.58. The van der Waals surface area contributed by atoms with Gasteiger partial charge in [-0.3, -0.25) is 14.6 Å². The van der Waals surface area contributed by atoms with E-state index in [1.165, 1.54) is 0 Å². The van der Waals surface area contributed by atoms with E-state index in [0.717, 1.165) is 24.5 Å². The van der Waals surface area contributed by atoms with Crippen molar-refractivity contribution in [2.45, 2.75) is 6.92 Å². The lowest BCUT2D eigenvalue weighted by Crippen LogP contribution is -2.49. The predicted molar refractivity (Wildman–Crippen MR) is 58.8 cm³/mol. The van der Waals surface area contributed by atoms with Crippen LogP contribution in [0.5, 0.6) is 0 Å². The van der Waals surface area contributed by atoms with Crippen LogP contribution in [0, 0.1) is 6.92 Å². The minimum absolute atomic E-state index is 0.125. The Hall–Kier alpha value is -1.42. The first-order chi connectivity index (χ1) is 7.16. The summed E-state index contributed by atoms with van der Waals surface area (Å²) >= 11 is 0. The lowest BCUT2D eigenvalue weighted by Gasteiger charge is -2.31. The second-order valence-electron chi connectivity index (χ2n) is 3.98. The summed E-state index contributed by atoms with van der Waals surface area (Å²) in [6, 6.07) is 3.88. The lowest BCUT2D eigenvalue weighted by molar-refractivity contribution is -0.120. The molecule has 0 radical (unpaired) electrons. The quantitative estimate of drug-likeness (QED) is 0.676. The molecule has 1 saturated heterocycles. The van der Waals surface area contributed by atoms with Gasteiger partial charge in [-0.25, -0.2) is 4.98 Å². The number of anilines is 1. The predicted octanol–water partition coefficient (Wildman–Crippen LogP) is 0.668. The Morgan fingerprint density at radius 3 is 2.73 bits per heavy atom. The maximum Gasteiger partial charge on any atom is 0.242 e. The number of pyridine rings is 1. The highest BCUT2D eigenvalue weighted by atomic mass is 16.2. The number of nitrogens with zero attached hydrogens (tertiary/aromatic N) is 3. The molecule has 0 atom stereocenters. The van der Waals surface area contributed by atoms with Gasteiger partial charge in [0.25, 0.3) is 0 Å². The van der Waals surface area contributed by atoms with E-state index in [0.29, 0.717) is 6.54 Å². The standard InChI is InChI=1S/C11H15N3O/c1-9-3-4-10(12-7-9)14-6-5-13(2)8-11(14)15/h3-4,7H,5-6,8H2,1-2H3. The van der Waals surface area contributed by atoms with Gasteiger partial charge in [0.05, 0.1) is 6.54 Å². The van der Waals surface area contributed by atoms with Gasteiger partial charge in [0.2, 0.25) is 5.91 Å². The number of hydrogen-bond donors (Lipinski definition) is 0. The van der Waals surface area contributed by atoms with Crippen molar-refractivity contribution in [1.29, 1.82) is 0 Å². The second kappa shape index (κ2) is 3.98. The number of carbonyl (C=O) groups is 1. The topological polar surface area (TPSA) is 36.4 Å². The highest BCUT2D eigenvalue weighted by Crippen LogP contribution is 2.13. The van der Waals surface area contributed by atoms with Gasteiger partial charge in [0, 0.05) is 19.3 Å². The molecule has 1 fully saturated rings. The van der Waals surface area contributed by atoms with Crippen molar-refractivity contribution in [1.82, 2.24) is 9.88 Å². The van der Waals surface area contributed by atoms with Crippen LogP contribution in [0.2, 0.25) is 0 Å². The number of hydrogen-bond acceptors (Lipinski definition) is 3. The molecule has 2 rings (SSSR count). The molecule has 0 aliphatic carbocycles. The van der Waals surface area contributed by atoms with Crippen LogP contribution in [0.1, 0.15) is 5.56 Å². The molecule has 1 amide bonds. The van der Waals surface area contributed by atoms with E-state index in [2.05, 4.69) is 4.98 Å². The van der Waals surface area contributed by atoms with E-state index in [1.807, 2.05) is 31.0 Å². The number of carbonyl (C=O) groups excluding carboxylic acids is 1. The molecule has 0 N–H and O–H groups in total. The molecule has 15 heavy (non-hydrogen) atoms. The minimum atomic E-state index is 0.125. The van der Waals surface area contributed by atoms with Gasteiger partial charge in [-0.1, -0.05) is 6.07 Å². The van der Waals surface area contributed by atoms with E-state index < -0.39 is 0 Å². The first kappa shape index (κ1) is 10.1. The minimum Gasteiger partial charge on any atom is -0.296 e. The van der Waals surface area contributed by atoms with Gasteiger partial charge < -0.3 is 0 Å². The lowest BCUT2D eigenvalue weighted by atomic mass is 10.3. The summed E-state index contributed by atoms with van der Waals surface area (Å²) in [6.07, 6.45) is 1.79. The Balaban J connectivity index is 2.17. The Kier molecular flexibility index (Phi) is 2.68. The molecule has 1 aliphatic rings. The fourth-order valence-corrected chi connectivity index (χ4v) is 1.65. The van der Waals surface area contributed by atoms with E-state index in [1.54, 1.807) is 11.1 Å². The molecule has 80 valence electrons. The van der Waals surface area contributed by atoms with Crippen molar-refractivity contribution >= 4 is 11.7 Å². The third-order valence-electron chi connectivity index (χ3n) is 2.58. The highest BCUT2D eigenvalue weighted by molar-refractivity contribution is 5.94. The van der Waals surface area contributed by atoms with Crippen LogP contribution >= 0.6 is 0 Å². The maximum atomic E-state index is 11.7. The zero-order valence-electron chi connectivity index (χ0n) is 9.10. The van der Waals surface area contributed by atoms with Crippen LogP contribution in [-0.4, -0.2) is 42.5 Å². The summed E-state index contributed by atoms with van der Waals surface area (Å²) in [5.74, 6) is 0.888. The van der Waals surface area contributed by atoms with Crippen molar-refractivity contribution < 1.29 is 4.79 Å². The fourth-order valence-electron chi connectivity index (χ4n) is 1.65. The zero-order chi connectivity index (χ0) is 10.8. The number of piperazine rings is 1. The molecule has 1 aromatic heterocycles. The van der Waals surface area contributed by atoms with Gasteiger partial charge in [-0.05, 0) is 25.6 Å². The Labute approximate surface area is 89.5 Å². The summed E-state index contributed by atoms with van der Waals surface area (Å²) in [5, 5.41) is 0. The molecule has 0 bridgehead atoms. The van der Waals surface area contributed by atoms with Crippen LogP contribution in [0.15, 0.2) is 18.3 Å². The number of amides is 1. The van der Waals surface area contributed by atoms with Crippen molar-refractivity contribution in [3.63, 3.8) is 0 Å². The molecule has 0 saturated carbocycles.